The first-order valence-electron chi connectivity index (χ1n) is 12.8. The second-order valence-electron chi connectivity index (χ2n) is 9.41. The van der Waals surface area contributed by atoms with E-state index in [4.69, 9.17) is 9.15 Å². The third-order valence-corrected chi connectivity index (χ3v) is 6.86. The molecule has 1 aliphatic carbocycles. The second kappa shape index (κ2) is 10.9. The number of ether oxygens (including phenoxy) is 1. The normalized spacial score (nSPS) is 13.6. The quantitative estimate of drug-likeness (QED) is 0.340. The summed E-state index contributed by atoms with van der Waals surface area (Å²) < 4.78 is 13.1. The van der Waals surface area contributed by atoms with Crippen molar-refractivity contribution < 1.29 is 18.7 Å². The van der Waals surface area contributed by atoms with Gasteiger partial charge in [0.05, 0.1) is 36.9 Å². The monoisotopic (exact) mass is 515 g/mol. The Morgan fingerprint density at radius 2 is 1.74 bits per heavy atom. The van der Waals surface area contributed by atoms with Gasteiger partial charge < -0.3 is 14.5 Å². The zero-order valence-corrected chi connectivity index (χ0v) is 21.1. The molecule has 4 aromatic rings. The highest BCUT2D eigenvalue weighted by Gasteiger charge is 2.21. The SMILES string of the molecule is CCOc1ccc(C(=O)Cn2c(=O)n(Cc3ccco3)c(=O)c3ccc(C(=O)NC4CCCC4)cc32)cc1. The maximum absolute atomic E-state index is 13.6. The summed E-state index contributed by atoms with van der Waals surface area (Å²) in [5.74, 6) is 0.480. The topological polar surface area (TPSA) is 113 Å². The van der Waals surface area contributed by atoms with E-state index in [-0.39, 0.29) is 41.7 Å². The predicted molar refractivity (Wildman–Crippen MR) is 142 cm³/mol. The molecule has 1 saturated carbocycles. The van der Waals surface area contributed by atoms with E-state index in [0.717, 1.165) is 30.3 Å². The number of rotatable bonds is 9. The number of fused-ring (bicyclic) bond motifs is 1. The molecule has 2 heterocycles. The summed E-state index contributed by atoms with van der Waals surface area (Å²) in [5.41, 5.74) is -0.226. The van der Waals surface area contributed by atoms with Crippen molar-refractivity contribution in [3.8, 4) is 5.75 Å². The molecule has 0 unspecified atom stereocenters. The molecule has 0 spiro atoms. The third kappa shape index (κ3) is 5.18. The Bertz CT molecular complexity index is 1580. The summed E-state index contributed by atoms with van der Waals surface area (Å²) in [6.45, 7) is 1.98. The molecule has 0 bridgehead atoms. The zero-order valence-electron chi connectivity index (χ0n) is 21.1. The lowest BCUT2D eigenvalue weighted by molar-refractivity contribution is 0.0936. The van der Waals surface area contributed by atoms with Crippen LogP contribution in [0.25, 0.3) is 10.9 Å². The molecule has 1 fully saturated rings. The molecule has 2 aromatic heterocycles. The number of nitrogens with one attached hydrogen (secondary N) is 1. The highest BCUT2D eigenvalue weighted by Crippen LogP contribution is 2.20. The minimum atomic E-state index is -0.661. The standard InChI is InChI=1S/C29H29N3O6/c1-2-37-22-12-9-19(10-13-22)26(33)18-31-25-16-20(27(34)30-21-6-3-4-7-21)11-14-24(25)28(35)32(29(31)36)17-23-8-5-15-38-23/h5,8-16,21H,2-4,6-7,17-18H2,1H3,(H,30,34). The molecule has 9 nitrogen and oxygen atoms in total. The molecular weight excluding hydrogens is 486 g/mol. The Morgan fingerprint density at radius 1 is 1.00 bits per heavy atom. The van der Waals surface area contributed by atoms with Crippen molar-refractivity contribution in [3.05, 3.63) is 98.6 Å². The molecule has 196 valence electrons. The van der Waals surface area contributed by atoms with Gasteiger partial charge in [-0.15, -0.1) is 0 Å². The minimum Gasteiger partial charge on any atom is -0.494 e. The van der Waals surface area contributed by atoms with Crippen LogP contribution in [-0.2, 0) is 13.1 Å². The third-order valence-electron chi connectivity index (χ3n) is 6.86. The molecule has 0 aliphatic heterocycles. The van der Waals surface area contributed by atoms with Crippen LogP contribution >= 0.6 is 0 Å². The van der Waals surface area contributed by atoms with E-state index in [9.17, 15) is 19.2 Å². The number of aromatic nitrogens is 2. The first-order chi connectivity index (χ1) is 18.4. The van der Waals surface area contributed by atoms with E-state index in [0.29, 0.717) is 29.2 Å². The molecule has 1 N–H and O–H groups in total. The summed E-state index contributed by atoms with van der Waals surface area (Å²) in [5, 5.41) is 3.26. The van der Waals surface area contributed by atoms with Gasteiger partial charge in [-0.25, -0.2) is 4.79 Å². The van der Waals surface area contributed by atoms with Crippen LogP contribution in [0.2, 0.25) is 0 Å². The number of carbonyl (C=O) groups is 2. The summed E-state index contributed by atoms with van der Waals surface area (Å²) in [4.78, 5) is 53.2. The van der Waals surface area contributed by atoms with Crippen molar-refractivity contribution in [1.29, 1.82) is 0 Å². The summed E-state index contributed by atoms with van der Waals surface area (Å²) in [7, 11) is 0. The van der Waals surface area contributed by atoms with Crippen LogP contribution in [0.1, 0.15) is 59.1 Å². The van der Waals surface area contributed by atoms with E-state index >= 15 is 0 Å². The molecule has 0 saturated heterocycles. The first-order valence-corrected chi connectivity index (χ1v) is 12.8. The molecule has 9 heteroatoms. The number of hydrogen-bond donors (Lipinski definition) is 1. The molecule has 38 heavy (non-hydrogen) atoms. The van der Waals surface area contributed by atoms with Gasteiger partial charge in [0.15, 0.2) is 5.78 Å². The number of nitrogens with zero attached hydrogens (tertiary/aromatic N) is 2. The lowest BCUT2D eigenvalue weighted by Gasteiger charge is -2.16. The van der Waals surface area contributed by atoms with Gasteiger partial charge in [-0.3, -0.25) is 23.5 Å². The summed E-state index contributed by atoms with van der Waals surface area (Å²) in [6.07, 6.45) is 5.47. The van der Waals surface area contributed by atoms with Gasteiger partial charge in [0, 0.05) is 17.2 Å². The van der Waals surface area contributed by atoms with Crippen LogP contribution in [-0.4, -0.2) is 33.5 Å². The number of furan rings is 1. The average molecular weight is 516 g/mol. The van der Waals surface area contributed by atoms with E-state index in [2.05, 4.69) is 5.32 Å². The lowest BCUT2D eigenvalue weighted by atomic mass is 10.1. The van der Waals surface area contributed by atoms with E-state index in [1.54, 1.807) is 42.5 Å². The predicted octanol–water partition coefficient (Wildman–Crippen LogP) is 3.76. The van der Waals surface area contributed by atoms with Gasteiger partial charge in [0.2, 0.25) is 0 Å². The van der Waals surface area contributed by atoms with Crippen LogP contribution in [0.5, 0.6) is 5.75 Å². The smallest absolute Gasteiger partial charge is 0.332 e. The second-order valence-corrected chi connectivity index (χ2v) is 9.41. The maximum Gasteiger partial charge on any atom is 0.332 e. The first kappa shape index (κ1) is 25.3. The van der Waals surface area contributed by atoms with Crippen molar-refractivity contribution in [1.82, 2.24) is 14.5 Å². The Kier molecular flexibility index (Phi) is 7.26. The molecule has 0 radical (unpaired) electrons. The largest absolute Gasteiger partial charge is 0.494 e. The molecule has 1 aliphatic rings. The maximum atomic E-state index is 13.6. The fraction of sp³-hybridized carbons (Fsp3) is 0.310. The van der Waals surface area contributed by atoms with Crippen LogP contribution in [0, 0.1) is 0 Å². The summed E-state index contributed by atoms with van der Waals surface area (Å²) in [6, 6.07) is 14.8. The Hall–Kier alpha value is -4.40. The van der Waals surface area contributed by atoms with E-state index in [1.165, 1.54) is 23.0 Å². The van der Waals surface area contributed by atoms with E-state index < -0.39 is 11.2 Å². The number of hydrogen-bond acceptors (Lipinski definition) is 6. The molecule has 1 amide bonds. The molecular formula is C29H29N3O6. The van der Waals surface area contributed by atoms with E-state index in [1.807, 2.05) is 6.92 Å². The van der Waals surface area contributed by atoms with Crippen LogP contribution in [0.3, 0.4) is 0 Å². The highest BCUT2D eigenvalue weighted by atomic mass is 16.5. The van der Waals surface area contributed by atoms with Gasteiger partial charge in [0.25, 0.3) is 11.5 Å². The van der Waals surface area contributed by atoms with Gasteiger partial charge in [-0.05, 0) is 74.4 Å². The Morgan fingerprint density at radius 3 is 2.42 bits per heavy atom. The van der Waals surface area contributed by atoms with Gasteiger partial charge in [-0.1, -0.05) is 12.8 Å². The Balaban J connectivity index is 1.57. The van der Waals surface area contributed by atoms with Crippen molar-refractivity contribution in [3.63, 3.8) is 0 Å². The van der Waals surface area contributed by atoms with Gasteiger partial charge in [0.1, 0.15) is 11.5 Å². The lowest BCUT2D eigenvalue weighted by Crippen LogP contribution is -2.41. The fourth-order valence-corrected chi connectivity index (χ4v) is 4.89. The number of ketones is 1. The van der Waals surface area contributed by atoms with Crippen molar-refractivity contribution in [2.75, 3.05) is 6.61 Å². The highest BCUT2D eigenvalue weighted by molar-refractivity contribution is 5.99. The molecule has 5 rings (SSSR count). The van der Waals surface area contributed by atoms with Crippen LogP contribution in [0.4, 0.5) is 0 Å². The number of Topliss-reactive ketones (excluding diaryl/α,β-unsaturated/α-hetero) is 1. The van der Waals surface area contributed by atoms with Crippen LogP contribution in [0.15, 0.2) is 74.9 Å². The number of amides is 1. The zero-order chi connectivity index (χ0) is 26.6. The van der Waals surface area contributed by atoms with Crippen molar-refractivity contribution in [2.24, 2.45) is 0 Å². The van der Waals surface area contributed by atoms with Crippen molar-refractivity contribution in [2.45, 2.75) is 51.7 Å². The average Bonchev–Trinajstić information content (AvgIpc) is 3.64. The minimum absolute atomic E-state index is 0.0816. The number of carbonyl (C=O) groups excluding carboxylic acids is 2. The fourth-order valence-electron chi connectivity index (χ4n) is 4.89. The summed E-state index contributed by atoms with van der Waals surface area (Å²) >= 11 is 0. The Labute approximate surface area is 218 Å². The molecule has 2 aromatic carbocycles. The molecule has 0 atom stereocenters. The van der Waals surface area contributed by atoms with Crippen molar-refractivity contribution >= 4 is 22.6 Å². The van der Waals surface area contributed by atoms with Crippen LogP contribution < -0.4 is 21.3 Å². The van der Waals surface area contributed by atoms with Gasteiger partial charge in [-0.2, -0.15) is 0 Å². The number of benzene rings is 2. The van der Waals surface area contributed by atoms with Gasteiger partial charge >= 0.3 is 5.69 Å².